The molecular formula is C14H27N3. The Labute approximate surface area is 106 Å². The van der Waals surface area contributed by atoms with Crippen molar-refractivity contribution in [1.29, 1.82) is 0 Å². The summed E-state index contributed by atoms with van der Waals surface area (Å²) in [5, 5.41) is 3.55. The van der Waals surface area contributed by atoms with Crippen molar-refractivity contribution in [2.24, 2.45) is 18.4 Å². The molecule has 1 N–H and O–H groups in total. The Morgan fingerprint density at radius 1 is 1.41 bits per heavy atom. The van der Waals surface area contributed by atoms with E-state index in [2.05, 4.69) is 56.5 Å². The molecule has 0 aliphatic heterocycles. The molecule has 17 heavy (non-hydrogen) atoms. The highest BCUT2D eigenvalue weighted by atomic mass is 15.1. The van der Waals surface area contributed by atoms with Gasteiger partial charge in [0.05, 0.1) is 6.04 Å². The minimum absolute atomic E-state index is 0.346. The van der Waals surface area contributed by atoms with E-state index in [0.29, 0.717) is 17.4 Å². The molecule has 1 aromatic rings. The van der Waals surface area contributed by atoms with Gasteiger partial charge in [-0.2, -0.15) is 0 Å². The molecule has 3 heteroatoms. The Bertz CT molecular complexity index is 335. The quantitative estimate of drug-likeness (QED) is 0.852. The summed E-state index contributed by atoms with van der Waals surface area (Å²) < 4.78 is 2.11. The Kier molecular flexibility index (Phi) is 4.75. The summed E-state index contributed by atoms with van der Waals surface area (Å²) in [4.78, 5) is 4.47. The van der Waals surface area contributed by atoms with Crippen LogP contribution in [0.3, 0.4) is 0 Å². The van der Waals surface area contributed by atoms with Crippen LogP contribution in [0.2, 0.25) is 0 Å². The van der Waals surface area contributed by atoms with Crippen LogP contribution in [0, 0.1) is 11.3 Å². The average Bonchev–Trinajstić information content (AvgIpc) is 2.62. The molecule has 2 atom stereocenters. The highest BCUT2D eigenvalue weighted by Gasteiger charge is 2.25. The Morgan fingerprint density at radius 3 is 2.47 bits per heavy atom. The molecule has 0 spiro atoms. The molecule has 0 aliphatic carbocycles. The number of nitrogens with one attached hydrogen (secondary N) is 1. The zero-order valence-corrected chi connectivity index (χ0v) is 12.1. The molecule has 0 saturated heterocycles. The molecule has 0 aliphatic rings. The second kappa shape index (κ2) is 5.67. The molecule has 0 bridgehead atoms. The van der Waals surface area contributed by atoms with E-state index in [1.165, 1.54) is 0 Å². The molecule has 0 amide bonds. The van der Waals surface area contributed by atoms with E-state index in [-0.39, 0.29) is 0 Å². The molecule has 0 saturated carbocycles. The van der Waals surface area contributed by atoms with Crippen LogP contribution in [-0.2, 0) is 7.05 Å². The van der Waals surface area contributed by atoms with Gasteiger partial charge < -0.3 is 9.88 Å². The third kappa shape index (κ3) is 3.84. The van der Waals surface area contributed by atoms with E-state index in [1.54, 1.807) is 0 Å². The highest BCUT2D eigenvalue weighted by molar-refractivity contribution is 4.99. The summed E-state index contributed by atoms with van der Waals surface area (Å²) >= 11 is 0. The van der Waals surface area contributed by atoms with Gasteiger partial charge in [-0.1, -0.05) is 34.6 Å². The van der Waals surface area contributed by atoms with Crippen molar-refractivity contribution in [2.75, 3.05) is 6.54 Å². The van der Waals surface area contributed by atoms with E-state index >= 15 is 0 Å². The monoisotopic (exact) mass is 237 g/mol. The van der Waals surface area contributed by atoms with Crippen molar-refractivity contribution in [3.05, 3.63) is 18.2 Å². The fraction of sp³-hybridized carbons (Fsp3) is 0.786. The summed E-state index contributed by atoms with van der Waals surface area (Å²) in [6.07, 6.45) is 5.02. The largest absolute Gasteiger partial charge is 0.337 e. The molecule has 2 unspecified atom stereocenters. The summed E-state index contributed by atoms with van der Waals surface area (Å²) in [5.41, 5.74) is 0.346. The van der Waals surface area contributed by atoms with Crippen molar-refractivity contribution in [3.63, 3.8) is 0 Å². The Morgan fingerprint density at radius 2 is 2.06 bits per heavy atom. The van der Waals surface area contributed by atoms with E-state index < -0.39 is 0 Å². The first-order chi connectivity index (χ1) is 7.86. The first-order valence-electron chi connectivity index (χ1n) is 6.56. The highest BCUT2D eigenvalue weighted by Crippen LogP contribution is 2.32. The number of imidazole rings is 1. The predicted molar refractivity (Wildman–Crippen MR) is 72.9 cm³/mol. The fourth-order valence-corrected chi connectivity index (χ4v) is 1.95. The number of aryl methyl sites for hydroxylation is 1. The Balaban J connectivity index is 2.78. The normalized spacial score (nSPS) is 15.9. The van der Waals surface area contributed by atoms with Crippen molar-refractivity contribution >= 4 is 0 Å². The SMILES string of the molecule is CCNC(CC(C)C(C)(C)C)c1nccn1C. The van der Waals surface area contributed by atoms with Gasteiger partial charge in [-0.3, -0.25) is 0 Å². The molecule has 0 fully saturated rings. The number of nitrogens with zero attached hydrogens (tertiary/aromatic N) is 2. The lowest BCUT2D eigenvalue weighted by atomic mass is 9.78. The van der Waals surface area contributed by atoms with Crippen LogP contribution in [0.4, 0.5) is 0 Å². The lowest BCUT2D eigenvalue weighted by Crippen LogP contribution is -2.29. The minimum atomic E-state index is 0.346. The average molecular weight is 237 g/mol. The molecule has 98 valence electrons. The summed E-state index contributed by atoms with van der Waals surface area (Å²) in [7, 11) is 2.06. The molecule has 1 heterocycles. The number of rotatable bonds is 5. The lowest BCUT2D eigenvalue weighted by Gasteiger charge is -2.31. The van der Waals surface area contributed by atoms with Gasteiger partial charge in [0.25, 0.3) is 0 Å². The van der Waals surface area contributed by atoms with Crippen molar-refractivity contribution in [1.82, 2.24) is 14.9 Å². The standard InChI is InChI=1S/C14H27N3/c1-7-15-12(10-11(2)14(3,4)5)13-16-8-9-17(13)6/h8-9,11-12,15H,7,10H2,1-6H3. The maximum atomic E-state index is 4.47. The molecule has 3 nitrogen and oxygen atoms in total. The minimum Gasteiger partial charge on any atom is -0.337 e. The zero-order chi connectivity index (χ0) is 13.1. The van der Waals surface area contributed by atoms with Crippen LogP contribution in [0.15, 0.2) is 12.4 Å². The first kappa shape index (κ1) is 14.2. The summed E-state index contributed by atoms with van der Waals surface area (Å²) in [5.74, 6) is 1.80. The van der Waals surface area contributed by atoms with E-state index in [4.69, 9.17) is 0 Å². The summed E-state index contributed by atoms with van der Waals surface area (Å²) in [6, 6.07) is 0.356. The van der Waals surface area contributed by atoms with Crippen LogP contribution >= 0.6 is 0 Å². The van der Waals surface area contributed by atoms with E-state index in [9.17, 15) is 0 Å². The zero-order valence-electron chi connectivity index (χ0n) is 12.1. The second-order valence-corrected chi connectivity index (χ2v) is 6.01. The molecule has 1 rings (SSSR count). The van der Waals surface area contributed by atoms with E-state index in [1.807, 2.05) is 12.4 Å². The van der Waals surface area contributed by atoms with Crippen molar-refractivity contribution < 1.29 is 0 Å². The number of aromatic nitrogens is 2. The first-order valence-corrected chi connectivity index (χ1v) is 6.56. The topological polar surface area (TPSA) is 29.9 Å². The third-order valence-electron chi connectivity index (χ3n) is 3.69. The van der Waals surface area contributed by atoms with E-state index in [0.717, 1.165) is 18.8 Å². The molecule has 0 radical (unpaired) electrons. The molecular weight excluding hydrogens is 210 g/mol. The third-order valence-corrected chi connectivity index (χ3v) is 3.69. The van der Waals surface area contributed by atoms with Crippen LogP contribution in [0.25, 0.3) is 0 Å². The fourth-order valence-electron chi connectivity index (χ4n) is 1.95. The van der Waals surface area contributed by atoms with Gasteiger partial charge in [0.15, 0.2) is 0 Å². The molecule has 0 aromatic carbocycles. The summed E-state index contributed by atoms with van der Waals surface area (Å²) in [6.45, 7) is 12.4. The van der Waals surface area contributed by atoms with Gasteiger partial charge >= 0.3 is 0 Å². The van der Waals surface area contributed by atoms with Gasteiger partial charge in [0.2, 0.25) is 0 Å². The lowest BCUT2D eigenvalue weighted by molar-refractivity contribution is 0.220. The maximum Gasteiger partial charge on any atom is 0.125 e. The van der Waals surface area contributed by atoms with Gasteiger partial charge in [-0.05, 0) is 24.3 Å². The van der Waals surface area contributed by atoms with Crippen molar-refractivity contribution in [3.8, 4) is 0 Å². The number of hydrogen-bond acceptors (Lipinski definition) is 2. The van der Waals surface area contributed by atoms with Gasteiger partial charge in [0, 0.05) is 19.4 Å². The van der Waals surface area contributed by atoms with Crippen LogP contribution in [0.1, 0.15) is 52.9 Å². The smallest absolute Gasteiger partial charge is 0.125 e. The number of hydrogen-bond donors (Lipinski definition) is 1. The Hall–Kier alpha value is -0.830. The predicted octanol–water partition coefficient (Wildman–Crippen LogP) is 3.14. The van der Waals surface area contributed by atoms with Crippen LogP contribution < -0.4 is 5.32 Å². The van der Waals surface area contributed by atoms with Gasteiger partial charge in [-0.15, -0.1) is 0 Å². The maximum absolute atomic E-state index is 4.47. The second-order valence-electron chi connectivity index (χ2n) is 6.01. The molecule has 1 aromatic heterocycles. The van der Waals surface area contributed by atoms with Crippen LogP contribution in [0.5, 0.6) is 0 Å². The van der Waals surface area contributed by atoms with Crippen LogP contribution in [-0.4, -0.2) is 16.1 Å². The van der Waals surface area contributed by atoms with Gasteiger partial charge in [0.1, 0.15) is 5.82 Å². The van der Waals surface area contributed by atoms with Gasteiger partial charge in [-0.25, -0.2) is 4.98 Å². The van der Waals surface area contributed by atoms with Crippen molar-refractivity contribution in [2.45, 2.75) is 47.1 Å².